The molecule has 1 N–H and O–H groups in total. The number of ether oxygens (including phenoxy) is 1. The number of carbonyl (C=O) groups excluding carboxylic acids is 1. The van der Waals surface area contributed by atoms with Gasteiger partial charge in [0, 0.05) is 35.2 Å². The van der Waals surface area contributed by atoms with Crippen molar-refractivity contribution < 1.29 is 13.9 Å². The largest absolute Gasteiger partial charge is 0.472 e. The van der Waals surface area contributed by atoms with E-state index in [0.29, 0.717) is 0 Å². The Bertz CT molecular complexity index is 1150. The molecule has 2 aromatic heterocycles. The molecule has 0 radical (unpaired) electrons. The van der Waals surface area contributed by atoms with Crippen molar-refractivity contribution in [3.05, 3.63) is 95.6 Å². The number of nitrogens with zero attached hydrogens (tertiary/aromatic N) is 1. The molecule has 2 unspecified atom stereocenters. The van der Waals surface area contributed by atoms with E-state index in [2.05, 4.69) is 34.1 Å². The van der Waals surface area contributed by atoms with Gasteiger partial charge in [0.25, 0.3) is 0 Å². The summed E-state index contributed by atoms with van der Waals surface area (Å²) in [5, 5.41) is 1.17. The Hall–Kier alpha value is -3.31. The predicted molar refractivity (Wildman–Crippen MR) is 115 cm³/mol. The van der Waals surface area contributed by atoms with Crippen LogP contribution in [0.2, 0.25) is 0 Å². The zero-order chi connectivity index (χ0) is 20.5. The van der Waals surface area contributed by atoms with Gasteiger partial charge in [-0.3, -0.25) is 9.69 Å². The molecule has 1 aliphatic rings. The van der Waals surface area contributed by atoms with Crippen LogP contribution in [0.4, 0.5) is 0 Å². The van der Waals surface area contributed by atoms with Crippen LogP contribution < -0.4 is 0 Å². The van der Waals surface area contributed by atoms with E-state index in [1.54, 1.807) is 12.5 Å². The first-order valence-corrected chi connectivity index (χ1v) is 10.2. The van der Waals surface area contributed by atoms with E-state index in [0.717, 1.165) is 36.3 Å². The van der Waals surface area contributed by atoms with E-state index < -0.39 is 5.92 Å². The number of H-pyrrole nitrogens is 1. The minimum atomic E-state index is -0.471. The number of para-hydroxylation sites is 1. The van der Waals surface area contributed by atoms with Gasteiger partial charge in [0.2, 0.25) is 0 Å². The van der Waals surface area contributed by atoms with Crippen LogP contribution in [-0.2, 0) is 22.5 Å². The van der Waals surface area contributed by atoms with E-state index >= 15 is 0 Å². The van der Waals surface area contributed by atoms with Crippen molar-refractivity contribution in [2.24, 2.45) is 0 Å². The highest BCUT2D eigenvalue weighted by molar-refractivity contribution is 5.89. The Balaban J connectivity index is 1.67. The standard InChI is InChI=1S/C25H24N2O3/c1-29-25(28)22-23-20(19-9-5-6-10-21(19)26-23)11-13-27(15-17-7-3-2-4-8-17)24(22)18-12-14-30-16-18/h2-10,12,14,16,22,24,26H,11,13,15H2,1H3. The highest BCUT2D eigenvalue weighted by Gasteiger charge is 2.41. The molecule has 0 aliphatic carbocycles. The maximum Gasteiger partial charge on any atom is 0.316 e. The summed E-state index contributed by atoms with van der Waals surface area (Å²) in [5.41, 5.74) is 5.39. The Labute approximate surface area is 175 Å². The zero-order valence-electron chi connectivity index (χ0n) is 16.9. The Morgan fingerprint density at radius 1 is 1.13 bits per heavy atom. The molecule has 0 spiro atoms. The summed E-state index contributed by atoms with van der Waals surface area (Å²) < 4.78 is 10.7. The number of fused-ring (bicyclic) bond motifs is 3. The summed E-state index contributed by atoms with van der Waals surface area (Å²) in [5.74, 6) is -0.713. The minimum Gasteiger partial charge on any atom is -0.472 e. The lowest BCUT2D eigenvalue weighted by molar-refractivity contribution is -0.144. The molecule has 5 rings (SSSR count). The van der Waals surface area contributed by atoms with Gasteiger partial charge in [0.1, 0.15) is 5.92 Å². The zero-order valence-corrected chi connectivity index (χ0v) is 16.9. The molecule has 2 aromatic carbocycles. The number of aromatic nitrogens is 1. The lowest BCUT2D eigenvalue weighted by Crippen LogP contribution is -2.35. The van der Waals surface area contributed by atoms with E-state index in [1.807, 2.05) is 36.4 Å². The second-order valence-corrected chi connectivity index (χ2v) is 7.77. The number of benzene rings is 2. The Morgan fingerprint density at radius 3 is 2.70 bits per heavy atom. The Morgan fingerprint density at radius 2 is 1.93 bits per heavy atom. The molecule has 4 aromatic rings. The molecule has 3 heterocycles. The average Bonchev–Trinajstić information content (AvgIpc) is 3.40. The lowest BCUT2D eigenvalue weighted by Gasteiger charge is -2.33. The fourth-order valence-electron chi connectivity index (χ4n) is 4.73. The van der Waals surface area contributed by atoms with Crippen molar-refractivity contribution in [1.29, 1.82) is 0 Å². The van der Waals surface area contributed by atoms with Gasteiger partial charge in [-0.2, -0.15) is 0 Å². The molecule has 152 valence electrons. The van der Waals surface area contributed by atoms with Gasteiger partial charge in [-0.1, -0.05) is 48.5 Å². The van der Waals surface area contributed by atoms with Gasteiger partial charge < -0.3 is 14.1 Å². The molecule has 2 atom stereocenters. The number of furan rings is 1. The predicted octanol–water partition coefficient (Wildman–Crippen LogP) is 4.82. The van der Waals surface area contributed by atoms with Crippen LogP contribution >= 0.6 is 0 Å². The summed E-state index contributed by atoms with van der Waals surface area (Å²) in [6.45, 7) is 1.57. The molecule has 0 bridgehead atoms. The molecular weight excluding hydrogens is 376 g/mol. The van der Waals surface area contributed by atoms with E-state index in [-0.39, 0.29) is 12.0 Å². The normalized spacial score (nSPS) is 19.4. The molecule has 5 heteroatoms. The van der Waals surface area contributed by atoms with Crippen LogP contribution in [0, 0.1) is 0 Å². The van der Waals surface area contributed by atoms with Crippen molar-refractivity contribution in [3.63, 3.8) is 0 Å². The number of hydrogen-bond donors (Lipinski definition) is 1. The molecule has 0 fully saturated rings. The summed E-state index contributed by atoms with van der Waals surface area (Å²) in [7, 11) is 1.46. The minimum absolute atomic E-state index is 0.189. The topological polar surface area (TPSA) is 58.5 Å². The number of nitrogens with one attached hydrogen (secondary N) is 1. The third kappa shape index (κ3) is 3.21. The van der Waals surface area contributed by atoms with Crippen molar-refractivity contribution in [2.75, 3.05) is 13.7 Å². The van der Waals surface area contributed by atoms with E-state index in [1.165, 1.54) is 23.6 Å². The second-order valence-electron chi connectivity index (χ2n) is 7.77. The SMILES string of the molecule is COC(=O)C1c2[nH]c3ccccc3c2CCN(Cc2ccccc2)C1c1ccoc1. The molecule has 5 nitrogen and oxygen atoms in total. The fourth-order valence-corrected chi connectivity index (χ4v) is 4.73. The molecule has 0 amide bonds. The highest BCUT2D eigenvalue weighted by Crippen LogP contribution is 2.43. The van der Waals surface area contributed by atoms with Gasteiger partial charge in [0.05, 0.1) is 25.7 Å². The van der Waals surface area contributed by atoms with E-state index in [4.69, 9.17) is 9.15 Å². The number of methoxy groups -OCH3 is 1. The van der Waals surface area contributed by atoms with Gasteiger partial charge in [-0.15, -0.1) is 0 Å². The van der Waals surface area contributed by atoms with Crippen molar-refractivity contribution in [2.45, 2.75) is 24.9 Å². The Kier molecular flexibility index (Phi) is 4.89. The smallest absolute Gasteiger partial charge is 0.316 e. The van der Waals surface area contributed by atoms with Gasteiger partial charge >= 0.3 is 5.97 Å². The van der Waals surface area contributed by atoms with Gasteiger partial charge in [-0.25, -0.2) is 0 Å². The maximum absolute atomic E-state index is 13.2. The third-order valence-electron chi connectivity index (χ3n) is 6.08. The van der Waals surface area contributed by atoms with Crippen LogP contribution in [0.5, 0.6) is 0 Å². The summed E-state index contributed by atoms with van der Waals surface area (Å²) in [6.07, 6.45) is 4.27. The van der Waals surface area contributed by atoms with Crippen LogP contribution in [0.25, 0.3) is 10.9 Å². The summed E-state index contributed by atoms with van der Waals surface area (Å²) in [6, 6.07) is 20.4. The monoisotopic (exact) mass is 400 g/mol. The number of hydrogen-bond acceptors (Lipinski definition) is 4. The van der Waals surface area contributed by atoms with Crippen molar-refractivity contribution in [3.8, 4) is 0 Å². The number of aromatic amines is 1. The molecule has 0 saturated carbocycles. The van der Waals surface area contributed by atoms with E-state index in [9.17, 15) is 4.79 Å². The fraction of sp³-hybridized carbons (Fsp3) is 0.240. The molecule has 30 heavy (non-hydrogen) atoms. The molecule has 1 aliphatic heterocycles. The lowest BCUT2D eigenvalue weighted by atomic mass is 9.89. The number of esters is 1. The van der Waals surface area contributed by atoms with Gasteiger partial charge in [-0.05, 0) is 29.7 Å². The highest BCUT2D eigenvalue weighted by atomic mass is 16.5. The average molecular weight is 400 g/mol. The summed E-state index contributed by atoms with van der Waals surface area (Å²) in [4.78, 5) is 19.1. The van der Waals surface area contributed by atoms with Crippen LogP contribution in [-0.4, -0.2) is 29.5 Å². The van der Waals surface area contributed by atoms with Crippen molar-refractivity contribution >= 4 is 16.9 Å². The molecular formula is C25H24N2O3. The van der Waals surface area contributed by atoms with Crippen molar-refractivity contribution in [1.82, 2.24) is 9.88 Å². The first-order chi connectivity index (χ1) is 14.8. The number of carbonyl (C=O) groups is 1. The first-order valence-electron chi connectivity index (χ1n) is 10.2. The maximum atomic E-state index is 13.2. The summed E-state index contributed by atoms with van der Waals surface area (Å²) >= 11 is 0. The second kappa shape index (κ2) is 7.84. The number of rotatable bonds is 4. The first kappa shape index (κ1) is 18.7. The van der Waals surface area contributed by atoms with Crippen LogP contribution in [0.15, 0.2) is 77.6 Å². The quantitative estimate of drug-likeness (QED) is 0.499. The third-order valence-corrected chi connectivity index (χ3v) is 6.08. The van der Waals surface area contributed by atoms with Crippen LogP contribution in [0.1, 0.15) is 34.3 Å². The van der Waals surface area contributed by atoms with Crippen LogP contribution in [0.3, 0.4) is 0 Å². The molecule has 0 saturated heterocycles. The van der Waals surface area contributed by atoms with Gasteiger partial charge in [0.15, 0.2) is 0 Å².